The lowest BCUT2D eigenvalue weighted by Crippen LogP contribution is -2.40. The SMILES string of the molecule is CCCC(=O)NC(=O)NCCn1cnc2ccccc21. The predicted molar refractivity (Wildman–Crippen MR) is 76.2 cm³/mol. The van der Waals surface area contributed by atoms with Crippen LogP contribution in [0.5, 0.6) is 0 Å². The molecule has 6 heteroatoms. The van der Waals surface area contributed by atoms with Crippen LogP contribution in [0.1, 0.15) is 19.8 Å². The molecule has 0 unspecified atom stereocenters. The molecule has 1 aromatic carbocycles. The molecule has 20 heavy (non-hydrogen) atoms. The van der Waals surface area contributed by atoms with Crippen molar-refractivity contribution in [1.29, 1.82) is 0 Å². The summed E-state index contributed by atoms with van der Waals surface area (Å²) in [5.74, 6) is -0.252. The number of benzene rings is 1. The highest BCUT2D eigenvalue weighted by atomic mass is 16.2. The molecule has 2 N–H and O–H groups in total. The molecule has 0 atom stereocenters. The summed E-state index contributed by atoms with van der Waals surface area (Å²) < 4.78 is 1.96. The number of para-hydroxylation sites is 2. The van der Waals surface area contributed by atoms with E-state index >= 15 is 0 Å². The number of hydrogen-bond acceptors (Lipinski definition) is 3. The average Bonchev–Trinajstić information content (AvgIpc) is 2.82. The first-order chi connectivity index (χ1) is 9.70. The largest absolute Gasteiger partial charge is 0.336 e. The average molecular weight is 274 g/mol. The Morgan fingerprint density at radius 1 is 1.30 bits per heavy atom. The molecular formula is C14H18N4O2. The van der Waals surface area contributed by atoms with Gasteiger partial charge in [-0.1, -0.05) is 19.1 Å². The van der Waals surface area contributed by atoms with E-state index in [9.17, 15) is 9.59 Å². The van der Waals surface area contributed by atoms with E-state index in [1.165, 1.54) is 0 Å². The number of nitrogens with zero attached hydrogens (tertiary/aromatic N) is 2. The maximum atomic E-state index is 11.5. The molecule has 0 radical (unpaired) electrons. The third-order valence-electron chi connectivity index (χ3n) is 2.90. The molecule has 0 aliphatic rings. The van der Waals surface area contributed by atoms with Gasteiger partial charge in [-0.3, -0.25) is 10.1 Å². The summed E-state index contributed by atoms with van der Waals surface area (Å²) in [6.07, 6.45) is 2.83. The summed E-state index contributed by atoms with van der Waals surface area (Å²) in [5.41, 5.74) is 1.95. The standard InChI is InChI=1S/C14H18N4O2/c1-2-5-13(19)17-14(20)15-8-9-18-10-16-11-6-3-4-7-12(11)18/h3-4,6-7,10H,2,5,8-9H2,1H3,(H2,15,17,19,20). The van der Waals surface area contributed by atoms with Gasteiger partial charge < -0.3 is 9.88 Å². The van der Waals surface area contributed by atoms with Gasteiger partial charge in [0.2, 0.25) is 5.91 Å². The lowest BCUT2D eigenvalue weighted by molar-refractivity contribution is -0.120. The van der Waals surface area contributed by atoms with E-state index < -0.39 is 6.03 Å². The summed E-state index contributed by atoms with van der Waals surface area (Å²) in [5, 5.41) is 4.94. The highest BCUT2D eigenvalue weighted by Crippen LogP contribution is 2.10. The van der Waals surface area contributed by atoms with Gasteiger partial charge in [0, 0.05) is 19.5 Å². The molecular weight excluding hydrogens is 256 g/mol. The number of urea groups is 1. The molecule has 0 fully saturated rings. The van der Waals surface area contributed by atoms with Crippen molar-refractivity contribution in [2.75, 3.05) is 6.54 Å². The van der Waals surface area contributed by atoms with Crippen LogP contribution in [0, 0.1) is 0 Å². The van der Waals surface area contributed by atoms with E-state index in [2.05, 4.69) is 15.6 Å². The summed E-state index contributed by atoms with van der Waals surface area (Å²) in [6, 6.07) is 7.35. The van der Waals surface area contributed by atoms with E-state index in [4.69, 9.17) is 0 Å². The van der Waals surface area contributed by atoms with E-state index in [1.807, 2.05) is 35.8 Å². The minimum absolute atomic E-state index is 0.252. The van der Waals surface area contributed by atoms with Crippen LogP contribution in [-0.4, -0.2) is 28.0 Å². The van der Waals surface area contributed by atoms with E-state index in [1.54, 1.807) is 6.33 Å². The minimum atomic E-state index is -0.451. The van der Waals surface area contributed by atoms with Crippen LogP contribution in [0.25, 0.3) is 11.0 Å². The van der Waals surface area contributed by atoms with Crippen molar-refractivity contribution in [2.24, 2.45) is 0 Å². The van der Waals surface area contributed by atoms with E-state index in [-0.39, 0.29) is 5.91 Å². The van der Waals surface area contributed by atoms with Gasteiger partial charge >= 0.3 is 6.03 Å². The van der Waals surface area contributed by atoms with Crippen LogP contribution in [0.2, 0.25) is 0 Å². The van der Waals surface area contributed by atoms with Gasteiger partial charge in [-0.25, -0.2) is 9.78 Å². The fourth-order valence-electron chi connectivity index (χ4n) is 1.94. The molecule has 6 nitrogen and oxygen atoms in total. The zero-order valence-corrected chi connectivity index (χ0v) is 11.4. The van der Waals surface area contributed by atoms with Crippen molar-refractivity contribution in [3.63, 3.8) is 0 Å². The van der Waals surface area contributed by atoms with Crippen LogP contribution < -0.4 is 10.6 Å². The summed E-state index contributed by atoms with van der Waals surface area (Å²) in [4.78, 5) is 27.0. The molecule has 0 aliphatic carbocycles. The number of carbonyl (C=O) groups excluding carboxylic acids is 2. The number of carbonyl (C=O) groups is 2. The van der Waals surface area contributed by atoms with Crippen LogP contribution >= 0.6 is 0 Å². The normalized spacial score (nSPS) is 10.4. The Balaban J connectivity index is 1.81. The van der Waals surface area contributed by atoms with Crippen LogP contribution in [-0.2, 0) is 11.3 Å². The van der Waals surface area contributed by atoms with Gasteiger partial charge in [0.15, 0.2) is 0 Å². The quantitative estimate of drug-likeness (QED) is 0.870. The third kappa shape index (κ3) is 3.57. The van der Waals surface area contributed by atoms with Gasteiger partial charge in [-0.05, 0) is 18.6 Å². The molecule has 106 valence electrons. The molecule has 0 spiro atoms. The lowest BCUT2D eigenvalue weighted by Gasteiger charge is -2.07. The fraction of sp³-hybridized carbons (Fsp3) is 0.357. The Bertz CT molecular complexity index is 606. The molecule has 2 aromatic rings. The first kappa shape index (κ1) is 14.0. The van der Waals surface area contributed by atoms with Gasteiger partial charge in [-0.15, -0.1) is 0 Å². The fourth-order valence-corrected chi connectivity index (χ4v) is 1.94. The Morgan fingerprint density at radius 3 is 2.90 bits per heavy atom. The smallest absolute Gasteiger partial charge is 0.321 e. The van der Waals surface area contributed by atoms with Crippen molar-refractivity contribution in [3.8, 4) is 0 Å². The van der Waals surface area contributed by atoms with Crippen LogP contribution in [0.15, 0.2) is 30.6 Å². The number of hydrogen-bond donors (Lipinski definition) is 2. The highest BCUT2D eigenvalue weighted by Gasteiger charge is 2.06. The van der Waals surface area contributed by atoms with Crippen LogP contribution in [0.4, 0.5) is 4.79 Å². The molecule has 2 rings (SSSR count). The second kappa shape index (κ2) is 6.70. The molecule has 1 aromatic heterocycles. The predicted octanol–water partition coefficient (Wildman–Crippen LogP) is 1.66. The number of aromatic nitrogens is 2. The number of imide groups is 1. The monoisotopic (exact) mass is 274 g/mol. The van der Waals surface area contributed by atoms with Crippen molar-refractivity contribution in [3.05, 3.63) is 30.6 Å². The van der Waals surface area contributed by atoms with E-state index in [0.717, 1.165) is 17.5 Å². The maximum absolute atomic E-state index is 11.5. The molecule has 0 saturated carbocycles. The van der Waals surface area contributed by atoms with Crippen LogP contribution in [0.3, 0.4) is 0 Å². The first-order valence-corrected chi connectivity index (χ1v) is 6.68. The number of fused-ring (bicyclic) bond motifs is 1. The minimum Gasteiger partial charge on any atom is -0.336 e. The maximum Gasteiger partial charge on any atom is 0.321 e. The van der Waals surface area contributed by atoms with Crippen molar-refractivity contribution in [1.82, 2.24) is 20.2 Å². The molecule has 0 aliphatic heterocycles. The van der Waals surface area contributed by atoms with Gasteiger partial charge in [0.1, 0.15) is 0 Å². The van der Waals surface area contributed by atoms with Gasteiger partial charge in [0.25, 0.3) is 0 Å². The van der Waals surface area contributed by atoms with Crippen molar-refractivity contribution >= 4 is 23.0 Å². The summed E-state index contributed by atoms with van der Waals surface area (Å²) in [7, 11) is 0. The Hall–Kier alpha value is -2.37. The first-order valence-electron chi connectivity index (χ1n) is 6.68. The number of nitrogens with one attached hydrogen (secondary N) is 2. The Morgan fingerprint density at radius 2 is 2.10 bits per heavy atom. The molecule has 0 bridgehead atoms. The zero-order valence-electron chi connectivity index (χ0n) is 11.4. The number of amides is 3. The second-order valence-electron chi connectivity index (χ2n) is 4.48. The lowest BCUT2D eigenvalue weighted by atomic mass is 10.3. The molecule has 3 amide bonds. The number of rotatable bonds is 5. The number of imidazole rings is 1. The van der Waals surface area contributed by atoms with Crippen molar-refractivity contribution < 1.29 is 9.59 Å². The third-order valence-corrected chi connectivity index (χ3v) is 2.90. The Kier molecular flexibility index (Phi) is 4.70. The van der Waals surface area contributed by atoms with E-state index in [0.29, 0.717) is 19.5 Å². The zero-order chi connectivity index (χ0) is 14.4. The van der Waals surface area contributed by atoms with Gasteiger partial charge in [-0.2, -0.15) is 0 Å². The van der Waals surface area contributed by atoms with Crippen molar-refractivity contribution in [2.45, 2.75) is 26.3 Å². The van der Waals surface area contributed by atoms with Gasteiger partial charge in [0.05, 0.1) is 17.4 Å². The topological polar surface area (TPSA) is 76.0 Å². The molecule has 1 heterocycles. The summed E-state index contributed by atoms with van der Waals surface area (Å²) in [6.45, 7) is 2.93. The second-order valence-corrected chi connectivity index (χ2v) is 4.48. The highest BCUT2D eigenvalue weighted by molar-refractivity contribution is 5.94. The summed E-state index contributed by atoms with van der Waals surface area (Å²) >= 11 is 0. The molecule has 0 saturated heterocycles. The Labute approximate surface area is 117 Å².